The topological polar surface area (TPSA) is 60.0 Å². The van der Waals surface area contributed by atoms with Crippen molar-refractivity contribution in [2.45, 2.75) is 26.9 Å². The van der Waals surface area contributed by atoms with Crippen molar-refractivity contribution in [2.75, 3.05) is 34.4 Å². The van der Waals surface area contributed by atoms with Gasteiger partial charge in [0.2, 0.25) is 5.75 Å². The molecule has 0 unspecified atom stereocenters. The maximum Gasteiger partial charge on any atom is 0.251 e. The van der Waals surface area contributed by atoms with Crippen LogP contribution in [0.15, 0.2) is 36.4 Å². The van der Waals surface area contributed by atoms with Gasteiger partial charge in [-0.2, -0.15) is 0 Å². The van der Waals surface area contributed by atoms with E-state index in [1.54, 1.807) is 12.1 Å². The van der Waals surface area contributed by atoms with Crippen molar-refractivity contribution in [1.29, 1.82) is 0 Å². The Labute approximate surface area is 167 Å². The third-order valence-corrected chi connectivity index (χ3v) is 4.77. The highest BCUT2D eigenvalue weighted by molar-refractivity contribution is 5.95. The summed E-state index contributed by atoms with van der Waals surface area (Å²) in [5, 5.41) is 3.00. The summed E-state index contributed by atoms with van der Waals surface area (Å²) in [5.74, 6) is 1.17. The Bertz CT molecular complexity index is 763. The van der Waals surface area contributed by atoms with Crippen LogP contribution in [0.5, 0.6) is 17.2 Å². The molecule has 2 rings (SSSR count). The summed E-state index contributed by atoms with van der Waals surface area (Å²) in [7, 11) is 4.60. The molecule has 0 heterocycles. The van der Waals surface area contributed by atoms with Crippen LogP contribution in [-0.2, 0) is 13.1 Å². The summed E-state index contributed by atoms with van der Waals surface area (Å²) in [6.45, 7) is 7.60. The number of amides is 1. The first-order valence-electron chi connectivity index (χ1n) is 9.45. The van der Waals surface area contributed by atoms with E-state index in [0.717, 1.165) is 25.2 Å². The zero-order valence-corrected chi connectivity index (χ0v) is 17.4. The number of rotatable bonds is 10. The van der Waals surface area contributed by atoms with Gasteiger partial charge in [0.05, 0.1) is 21.3 Å². The summed E-state index contributed by atoms with van der Waals surface area (Å²) in [4.78, 5) is 15.1. The van der Waals surface area contributed by atoms with E-state index >= 15 is 0 Å². The first-order chi connectivity index (χ1) is 13.6. The third kappa shape index (κ3) is 5.16. The Morgan fingerprint density at radius 1 is 0.929 bits per heavy atom. The van der Waals surface area contributed by atoms with Gasteiger partial charge in [-0.05, 0) is 36.3 Å². The van der Waals surface area contributed by atoms with Gasteiger partial charge in [0, 0.05) is 18.7 Å². The smallest absolute Gasteiger partial charge is 0.251 e. The highest BCUT2D eigenvalue weighted by atomic mass is 16.5. The van der Waals surface area contributed by atoms with Gasteiger partial charge in [0.15, 0.2) is 11.5 Å². The lowest BCUT2D eigenvalue weighted by Crippen LogP contribution is -2.26. The predicted octanol–water partition coefficient (Wildman–Crippen LogP) is 3.48. The molecule has 0 aromatic heterocycles. The average Bonchev–Trinajstić information content (AvgIpc) is 2.75. The van der Waals surface area contributed by atoms with Crippen LogP contribution >= 0.6 is 0 Å². The largest absolute Gasteiger partial charge is 0.493 e. The van der Waals surface area contributed by atoms with Gasteiger partial charge < -0.3 is 19.5 Å². The molecule has 0 atom stereocenters. The number of nitrogens with zero attached hydrogens (tertiary/aromatic N) is 1. The quantitative estimate of drug-likeness (QED) is 0.677. The Morgan fingerprint density at radius 2 is 1.50 bits per heavy atom. The van der Waals surface area contributed by atoms with Gasteiger partial charge in [-0.1, -0.05) is 38.1 Å². The molecule has 0 radical (unpaired) electrons. The van der Waals surface area contributed by atoms with Crippen molar-refractivity contribution < 1.29 is 19.0 Å². The van der Waals surface area contributed by atoms with Crippen LogP contribution in [0.1, 0.15) is 35.3 Å². The molecule has 2 aromatic rings. The molecule has 6 heteroatoms. The fraction of sp³-hybridized carbons (Fsp3) is 0.409. The van der Waals surface area contributed by atoms with Crippen LogP contribution in [0.2, 0.25) is 0 Å². The molecule has 0 saturated carbocycles. The van der Waals surface area contributed by atoms with Gasteiger partial charge in [0.25, 0.3) is 5.91 Å². The highest BCUT2D eigenvalue weighted by Crippen LogP contribution is 2.38. The zero-order chi connectivity index (χ0) is 20.5. The van der Waals surface area contributed by atoms with Gasteiger partial charge in [-0.15, -0.1) is 0 Å². The SMILES string of the molecule is CCN(CC)Cc1ccccc1CNC(=O)c1cc(OC)c(OC)c(OC)c1. The zero-order valence-electron chi connectivity index (χ0n) is 17.4. The van der Waals surface area contributed by atoms with E-state index in [1.165, 1.54) is 26.9 Å². The molecule has 0 fully saturated rings. The summed E-state index contributed by atoms with van der Waals surface area (Å²) < 4.78 is 16.0. The molecular formula is C22H30N2O4. The first-order valence-corrected chi connectivity index (χ1v) is 9.45. The number of nitrogens with one attached hydrogen (secondary N) is 1. The average molecular weight is 386 g/mol. The molecule has 2 aromatic carbocycles. The second kappa shape index (κ2) is 10.6. The summed E-state index contributed by atoms with van der Waals surface area (Å²) >= 11 is 0. The maximum absolute atomic E-state index is 12.7. The number of benzene rings is 2. The van der Waals surface area contributed by atoms with Crippen LogP contribution in [0.25, 0.3) is 0 Å². The van der Waals surface area contributed by atoms with Gasteiger partial charge in [-0.3, -0.25) is 9.69 Å². The summed E-state index contributed by atoms with van der Waals surface area (Å²) in [5.41, 5.74) is 2.78. The number of hydrogen-bond donors (Lipinski definition) is 1. The molecule has 1 N–H and O–H groups in total. The second-order valence-corrected chi connectivity index (χ2v) is 6.33. The van der Waals surface area contributed by atoms with E-state index in [9.17, 15) is 4.79 Å². The van der Waals surface area contributed by atoms with Crippen LogP contribution in [0, 0.1) is 0 Å². The molecule has 6 nitrogen and oxygen atoms in total. The van der Waals surface area contributed by atoms with Crippen molar-refractivity contribution in [3.8, 4) is 17.2 Å². The van der Waals surface area contributed by atoms with E-state index < -0.39 is 0 Å². The normalized spacial score (nSPS) is 10.6. The Hall–Kier alpha value is -2.73. The number of carbonyl (C=O) groups excluding carboxylic acids is 1. The molecule has 0 spiro atoms. The highest BCUT2D eigenvalue weighted by Gasteiger charge is 2.17. The Balaban J connectivity index is 2.17. The minimum atomic E-state index is -0.197. The van der Waals surface area contributed by atoms with Crippen molar-refractivity contribution in [3.05, 3.63) is 53.1 Å². The van der Waals surface area contributed by atoms with E-state index in [2.05, 4.69) is 30.1 Å². The van der Waals surface area contributed by atoms with E-state index in [4.69, 9.17) is 14.2 Å². The van der Waals surface area contributed by atoms with Crippen molar-refractivity contribution >= 4 is 5.91 Å². The number of methoxy groups -OCH3 is 3. The van der Waals surface area contributed by atoms with Crippen molar-refractivity contribution in [2.24, 2.45) is 0 Å². The Kier molecular flexibility index (Phi) is 8.14. The molecule has 152 valence electrons. The van der Waals surface area contributed by atoms with Crippen LogP contribution in [-0.4, -0.2) is 45.2 Å². The monoisotopic (exact) mass is 386 g/mol. The van der Waals surface area contributed by atoms with E-state index in [-0.39, 0.29) is 5.91 Å². The fourth-order valence-corrected chi connectivity index (χ4v) is 3.06. The first kappa shape index (κ1) is 21.6. The number of ether oxygens (including phenoxy) is 3. The molecule has 0 saturated heterocycles. The molecule has 0 aliphatic rings. The molecule has 28 heavy (non-hydrogen) atoms. The lowest BCUT2D eigenvalue weighted by molar-refractivity contribution is 0.0950. The minimum Gasteiger partial charge on any atom is -0.493 e. The summed E-state index contributed by atoms with van der Waals surface area (Å²) in [6, 6.07) is 11.5. The maximum atomic E-state index is 12.7. The third-order valence-electron chi connectivity index (χ3n) is 4.77. The predicted molar refractivity (Wildman–Crippen MR) is 110 cm³/mol. The molecular weight excluding hydrogens is 356 g/mol. The number of hydrogen-bond acceptors (Lipinski definition) is 5. The molecule has 0 aliphatic carbocycles. The minimum absolute atomic E-state index is 0.197. The van der Waals surface area contributed by atoms with Crippen LogP contribution < -0.4 is 19.5 Å². The lowest BCUT2D eigenvalue weighted by Gasteiger charge is -2.20. The number of carbonyl (C=O) groups is 1. The standard InChI is InChI=1S/C22H30N2O4/c1-6-24(7-2)15-17-11-9-8-10-16(17)14-23-22(25)18-12-19(26-3)21(28-5)20(13-18)27-4/h8-13H,6-7,14-15H2,1-5H3,(H,23,25). The van der Waals surface area contributed by atoms with Gasteiger partial charge >= 0.3 is 0 Å². The lowest BCUT2D eigenvalue weighted by atomic mass is 10.1. The summed E-state index contributed by atoms with van der Waals surface area (Å²) in [6.07, 6.45) is 0. The molecule has 1 amide bonds. The Morgan fingerprint density at radius 3 is 2.00 bits per heavy atom. The fourth-order valence-electron chi connectivity index (χ4n) is 3.06. The van der Waals surface area contributed by atoms with Gasteiger partial charge in [-0.25, -0.2) is 0 Å². The van der Waals surface area contributed by atoms with Gasteiger partial charge in [0.1, 0.15) is 0 Å². The van der Waals surface area contributed by atoms with E-state index in [1.807, 2.05) is 18.2 Å². The molecule has 0 aliphatic heterocycles. The van der Waals surface area contributed by atoms with Crippen LogP contribution in [0.3, 0.4) is 0 Å². The van der Waals surface area contributed by atoms with Crippen molar-refractivity contribution in [3.63, 3.8) is 0 Å². The van der Waals surface area contributed by atoms with Crippen molar-refractivity contribution in [1.82, 2.24) is 10.2 Å². The van der Waals surface area contributed by atoms with Crippen LogP contribution in [0.4, 0.5) is 0 Å². The second-order valence-electron chi connectivity index (χ2n) is 6.33. The molecule has 0 bridgehead atoms. The van der Waals surface area contributed by atoms with E-state index in [0.29, 0.717) is 29.4 Å².